The van der Waals surface area contributed by atoms with Crippen LogP contribution in [0.3, 0.4) is 0 Å². The van der Waals surface area contributed by atoms with E-state index >= 15 is 0 Å². The third-order valence-electron chi connectivity index (χ3n) is 3.99. The van der Waals surface area contributed by atoms with Crippen molar-refractivity contribution in [2.24, 2.45) is 0 Å². The normalized spacial score (nSPS) is 19.4. The van der Waals surface area contributed by atoms with Crippen molar-refractivity contribution in [3.05, 3.63) is 45.9 Å². The van der Waals surface area contributed by atoms with Gasteiger partial charge in [0.2, 0.25) is 0 Å². The molecule has 1 atom stereocenters. The number of hydrogen-bond acceptors (Lipinski definition) is 5. The van der Waals surface area contributed by atoms with Crippen molar-refractivity contribution in [3.8, 4) is 0 Å². The van der Waals surface area contributed by atoms with Crippen molar-refractivity contribution in [1.29, 1.82) is 0 Å². The zero-order chi connectivity index (χ0) is 16.4. The average molecular weight is 317 g/mol. The van der Waals surface area contributed by atoms with Crippen molar-refractivity contribution in [2.45, 2.75) is 39.5 Å². The molecule has 0 radical (unpaired) electrons. The van der Waals surface area contributed by atoms with Crippen LogP contribution in [0.4, 0.5) is 0 Å². The van der Waals surface area contributed by atoms with Gasteiger partial charge in [-0.3, -0.25) is 14.4 Å². The number of aryl methyl sites for hydroxylation is 1. The molecule has 1 aliphatic heterocycles. The largest absolute Gasteiger partial charge is 0.369 e. The van der Waals surface area contributed by atoms with Crippen LogP contribution in [0.25, 0.3) is 0 Å². The number of ether oxygens (including phenoxy) is 1. The van der Waals surface area contributed by atoms with E-state index in [-0.39, 0.29) is 11.7 Å². The summed E-state index contributed by atoms with van der Waals surface area (Å²) in [6.07, 6.45) is 1.68. The number of aromatic nitrogens is 4. The molecule has 0 unspecified atom stereocenters. The Morgan fingerprint density at radius 2 is 2.30 bits per heavy atom. The van der Waals surface area contributed by atoms with Gasteiger partial charge in [0.05, 0.1) is 18.0 Å². The van der Waals surface area contributed by atoms with Gasteiger partial charge < -0.3 is 9.72 Å². The Bertz CT molecular complexity index is 721. The monoisotopic (exact) mass is 317 g/mol. The summed E-state index contributed by atoms with van der Waals surface area (Å²) in [7, 11) is 0. The lowest BCUT2D eigenvalue weighted by molar-refractivity contribution is -0.0359. The number of H-pyrrole nitrogens is 1. The molecule has 7 nitrogen and oxygen atoms in total. The molecule has 1 saturated heterocycles. The van der Waals surface area contributed by atoms with Crippen molar-refractivity contribution in [3.63, 3.8) is 0 Å². The van der Waals surface area contributed by atoms with Gasteiger partial charge in [-0.05, 0) is 26.8 Å². The smallest absolute Gasteiger partial charge is 0.251 e. The van der Waals surface area contributed by atoms with Gasteiger partial charge in [0.1, 0.15) is 11.9 Å². The number of nitrogens with one attached hydrogen (secondary N) is 1. The fourth-order valence-corrected chi connectivity index (χ4v) is 2.95. The number of rotatable bonds is 4. The van der Waals surface area contributed by atoms with Crippen LogP contribution in [0.2, 0.25) is 0 Å². The van der Waals surface area contributed by atoms with Crippen LogP contribution >= 0.6 is 0 Å². The molecular weight excluding hydrogens is 294 g/mol. The number of nitrogens with zero attached hydrogens (tertiary/aromatic N) is 4. The maximum absolute atomic E-state index is 11.6. The lowest BCUT2D eigenvalue weighted by Crippen LogP contribution is -2.39. The molecule has 0 aliphatic carbocycles. The highest BCUT2D eigenvalue weighted by Gasteiger charge is 2.24. The molecule has 2 aromatic heterocycles. The van der Waals surface area contributed by atoms with Crippen molar-refractivity contribution >= 4 is 0 Å². The molecule has 124 valence electrons. The summed E-state index contributed by atoms with van der Waals surface area (Å²) in [6, 6.07) is 3.92. The zero-order valence-electron chi connectivity index (χ0n) is 13.8. The summed E-state index contributed by atoms with van der Waals surface area (Å²) in [4.78, 5) is 21.0. The third-order valence-corrected chi connectivity index (χ3v) is 3.99. The van der Waals surface area contributed by atoms with E-state index in [2.05, 4.69) is 39.9 Å². The first kappa shape index (κ1) is 15.9. The lowest BCUT2D eigenvalue weighted by Gasteiger charge is -2.32. The summed E-state index contributed by atoms with van der Waals surface area (Å²) >= 11 is 0. The molecule has 0 spiro atoms. The summed E-state index contributed by atoms with van der Waals surface area (Å²) in [6.45, 7) is 9.07. The molecule has 0 saturated carbocycles. The SMILES string of the molecule is Cc1nc([C@H]2CN(Cc3ccnn3C(C)C)CCO2)cc(=O)[nH]1. The minimum absolute atomic E-state index is 0.133. The summed E-state index contributed by atoms with van der Waals surface area (Å²) < 4.78 is 7.86. The zero-order valence-corrected chi connectivity index (χ0v) is 13.8. The highest BCUT2D eigenvalue weighted by Crippen LogP contribution is 2.21. The minimum atomic E-state index is -0.167. The topological polar surface area (TPSA) is 76.0 Å². The van der Waals surface area contributed by atoms with Crippen molar-refractivity contribution in [1.82, 2.24) is 24.6 Å². The van der Waals surface area contributed by atoms with Crippen LogP contribution < -0.4 is 5.56 Å². The van der Waals surface area contributed by atoms with E-state index in [1.54, 1.807) is 6.92 Å². The Hall–Kier alpha value is -1.99. The number of aromatic amines is 1. The molecule has 7 heteroatoms. The van der Waals surface area contributed by atoms with Crippen LogP contribution in [-0.2, 0) is 11.3 Å². The highest BCUT2D eigenvalue weighted by molar-refractivity contribution is 5.08. The predicted octanol–water partition coefficient (Wildman–Crippen LogP) is 1.43. The van der Waals surface area contributed by atoms with Crippen molar-refractivity contribution in [2.75, 3.05) is 19.7 Å². The molecule has 1 aliphatic rings. The first-order chi connectivity index (χ1) is 11.0. The molecule has 2 aromatic rings. The number of morpholine rings is 1. The van der Waals surface area contributed by atoms with Crippen LogP contribution in [0.5, 0.6) is 0 Å². The molecule has 0 amide bonds. The van der Waals surface area contributed by atoms with E-state index in [1.807, 2.05) is 10.9 Å². The van der Waals surface area contributed by atoms with Gasteiger partial charge in [-0.2, -0.15) is 5.10 Å². The Labute approximate surface area is 135 Å². The molecule has 3 rings (SSSR count). The standard InChI is InChI=1S/C16H23N5O2/c1-11(2)21-13(4-5-17-21)9-20-6-7-23-15(10-20)14-8-16(22)19-12(3)18-14/h4-5,8,11,15H,6-7,9-10H2,1-3H3,(H,18,19,22)/t15-/m1/s1. The molecular formula is C16H23N5O2. The second-order valence-corrected chi connectivity index (χ2v) is 6.21. The fourth-order valence-electron chi connectivity index (χ4n) is 2.95. The Balaban J connectivity index is 1.73. The van der Waals surface area contributed by atoms with Crippen LogP contribution in [0.1, 0.15) is 43.2 Å². The third kappa shape index (κ3) is 3.68. The minimum Gasteiger partial charge on any atom is -0.369 e. The Morgan fingerprint density at radius 1 is 1.48 bits per heavy atom. The van der Waals surface area contributed by atoms with Crippen LogP contribution in [-0.4, -0.2) is 44.3 Å². The van der Waals surface area contributed by atoms with E-state index in [0.717, 1.165) is 19.6 Å². The van der Waals surface area contributed by atoms with Gasteiger partial charge >= 0.3 is 0 Å². The molecule has 0 aromatic carbocycles. The van der Waals surface area contributed by atoms with Gasteiger partial charge in [-0.25, -0.2) is 4.98 Å². The van der Waals surface area contributed by atoms with Gasteiger partial charge in [0, 0.05) is 37.9 Å². The molecule has 0 bridgehead atoms. The maximum Gasteiger partial charge on any atom is 0.251 e. The van der Waals surface area contributed by atoms with Crippen LogP contribution in [0.15, 0.2) is 23.1 Å². The second-order valence-electron chi connectivity index (χ2n) is 6.21. The van der Waals surface area contributed by atoms with Gasteiger partial charge in [-0.15, -0.1) is 0 Å². The van der Waals surface area contributed by atoms with E-state index < -0.39 is 0 Å². The predicted molar refractivity (Wildman–Crippen MR) is 86.2 cm³/mol. The van der Waals surface area contributed by atoms with E-state index in [0.29, 0.717) is 24.2 Å². The summed E-state index contributed by atoms with van der Waals surface area (Å²) in [5.41, 5.74) is 1.76. The van der Waals surface area contributed by atoms with Gasteiger partial charge in [-0.1, -0.05) is 0 Å². The maximum atomic E-state index is 11.6. The quantitative estimate of drug-likeness (QED) is 0.923. The lowest BCUT2D eigenvalue weighted by atomic mass is 10.2. The van der Waals surface area contributed by atoms with Gasteiger partial charge in [0.25, 0.3) is 5.56 Å². The van der Waals surface area contributed by atoms with E-state index in [1.165, 1.54) is 11.8 Å². The van der Waals surface area contributed by atoms with Crippen molar-refractivity contribution < 1.29 is 4.74 Å². The molecule has 3 heterocycles. The second kappa shape index (κ2) is 6.64. The summed E-state index contributed by atoms with van der Waals surface area (Å²) in [5, 5.41) is 4.38. The first-order valence-corrected chi connectivity index (χ1v) is 7.97. The van der Waals surface area contributed by atoms with Crippen LogP contribution in [0, 0.1) is 6.92 Å². The summed E-state index contributed by atoms with van der Waals surface area (Å²) in [5.74, 6) is 0.617. The Morgan fingerprint density at radius 3 is 3.04 bits per heavy atom. The van der Waals surface area contributed by atoms with E-state index in [9.17, 15) is 4.79 Å². The van der Waals surface area contributed by atoms with E-state index in [4.69, 9.17) is 4.74 Å². The average Bonchev–Trinajstić information content (AvgIpc) is 2.95. The molecule has 1 fully saturated rings. The Kier molecular flexibility index (Phi) is 4.58. The van der Waals surface area contributed by atoms with Gasteiger partial charge in [0.15, 0.2) is 0 Å². The highest BCUT2D eigenvalue weighted by atomic mass is 16.5. The molecule has 23 heavy (non-hydrogen) atoms. The molecule has 1 N–H and O–H groups in total. The fraction of sp³-hybridized carbons (Fsp3) is 0.562. The number of hydrogen-bond donors (Lipinski definition) is 1. The first-order valence-electron chi connectivity index (χ1n) is 7.97.